The van der Waals surface area contributed by atoms with Gasteiger partial charge in [0.05, 0.1) is 12.7 Å². The third-order valence-electron chi connectivity index (χ3n) is 3.30. The molecule has 5 nitrogen and oxygen atoms in total. The lowest BCUT2D eigenvalue weighted by atomic mass is 10.1. The van der Waals surface area contributed by atoms with Crippen LogP contribution in [0, 0.1) is 0 Å². The minimum atomic E-state index is -0.117. The molecule has 0 unspecified atom stereocenters. The van der Waals surface area contributed by atoms with Gasteiger partial charge in [-0.1, -0.05) is 36.1 Å². The van der Waals surface area contributed by atoms with E-state index in [1.54, 1.807) is 6.26 Å². The average Bonchev–Trinajstić information content (AvgIpc) is 3.14. The number of hydrogen-bond acceptors (Lipinski definition) is 6. The van der Waals surface area contributed by atoms with E-state index >= 15 is 0 Å². The molecule has 0 fully saturated rings. The topological polar surface area (TPSA) is 68.0 Å². The van der Waals surface area contributed by atoms with Crippen molar-refractivity contribution in [1.29, 1.82) is 0 Å². The van der Waals surface area contributed by atoms with Gasteiger partial charge in [-0.25, -0.2) is 0 Å². The standard InChI is InChI=1S/C15H15N3O2S2/c1-3-9-4-5-12-11(6-9)10(8-20-12)7-13(19)16-14-17-18-15(21-2)22-14/h4-6,8H,3,7H2,1-2H3,(H,16,17,19). The molecule has 0 spiro atoms. The summed E-state index contributed by atoms with van der Waals surface area (Å²) in [4.78, 5) is 12.2. The minimum absolute atomic E-state index is 0.117. The Morgan fingerprint density at radius 3 is 3.00 bits per heavy atom. The van der Waals surface area contributed by atoms with E-state index in [0.717, 1.165) is 27.3 Å². The number of furan rings is 1. The van der Waals surface area contributed by atoms with Gasteiger partial charge in [0.2, 0.25) is 11.0 Å². The summed E-state index contributed by atoms with van der Waals surface area (Å²) in [6, 6.07) is 6.07. The van der Waals surface area contributed by atoms with E-state index in [1.165, 1.54) is 28.7 Å². The molecule has 1 aromatic carbocycles. The van der Waals surface area contributed by atoms with Crippen LogP contribution >= 0.6 is 23.1 Å². The molecular weight excluding hydrogens is 318 g/mol. The predicted octanol–water partition coefficient (Wildman–Crippen LogP) is 3.75. The Balaban J connectivity index is 1.76. The summed E-state index contributed by atoms with van der Waals surface area (Å²) in [6.45, 7) is 2.10. The second kappa shape index (κ2) is 6.50. The molecule has 0 aliphatic rings. The molecule has 0 aliphatic heterocycles. The quantitative estimate of drug-likeness (QED) is 0.569. The molecule has 0 radical (unpaired) electrons. The number of anilines is 1. The number of thioether (sulfide) groups is 1. The van der Waals surface area contributed by atoms with Gasteiger partial charge in [-0.2, -0.15) is 0 Å². The Kier molecular flexibility index (Phi) is 4.44. The lowest BCUT2D eigenvalue weighted by Gasteiger charge is -2.01. The lowest BCUT2D eigenvalue weighted by molar-refractivity contribution is -0.115. The van der Waals surface area contributed by atoms with Crippen LogP contribution in [-0.2, 0) is 17.6 Å². The van der Waals surface area contributed by atoms with Crippen molar-refractivity contribution in [2.24, 2.45) is 0 Å². The number of hydrogen-bond donors (Lipinski definition) is 1. The van der Waals surface area contributed by atoms with Gasteiger partial charge < -0.3 is 9.73 Å². The van der Waals surface area contributed by atoms with Crippen LogP contribution in [0.1, 0.15) is 18.1 Å². The van der Waals surface area contributed by atoms with Gasteiger partial charge in [0, 0.05) is 10.9 Å². The van der Waals surface area contributed by atoms with E-state index in [1.807, 2.05) is 18.4 Å². The number of carbonyl (C=O) groups is 1. The second-order valence-corrected chi connectivity index (χ2v) is 6.78. The zero-order valence-electron chi connectivity index (χ0n) is 12.3. The summed E-state index contributed by atoms with van der Waals surface area (Å²) in [5, 5.41) is 12.2. The molecule has 0 saturated heterocycles. The van der Waals surface area contributed by atoms with Crippen LogP contribution in [0.25, 0.3) is 11.0 Å². The molecule has 0 aliphatic carbocycles. The van der Waals surface area contributed by atoms with Gasteiger partial charge in [0.1, 0.15) is 5.58 Å². The summed E-state index contributed by atoms with van der Waals surface area (Å²) in [6.07, 6.45) is 4.79. The largest absolute Gasteiger partial charge is 0.464 e. The minimum Gasteiger partial charge on any atom is -0.464 e. The van der Waals surface area contributed by atoms with Crippen molar-refractivity contribution in [2.45, 2.75) is 24.1 Å². The highest BCUT2D eigenvalue weighted by Gasteiger charge is 2.13. The molecule has 0 bridgehead atoms. The number of amides is 1. The van der Waals surface area contributed by atoms with Gasteiger partial charge in [0.15, 0.2) is 4.34 Å². The third kappa shape index (κ3) is 3.15. The normalized spacial score (nSPS) is 11.0. The summed E-state index contributed by atoms with van der Waals surface area (Å²) < 4.78 is 6.34. The third-order valence-corrected chi connectivity index (χ3v) is 5.12. The van der Waals surface area contributed by atoms with Crippen LogP contribution in [0.2, 0.25) is 0 Å². The van der Waals surface area contributed by atoms with E-state index in [2.05, 4.69) is 28.5 Å². The summed E-state index contributed by atoms with van der Waals surface area (Å²) >= 11 is 2.88. The molecule has 3 rings (SSSR count). The monoisotopic (exact) mass is 333 g/mol. The maximum atomic E-state index is 12.2. The van der Waals surface area contributed by atoms with Crippen LogP contribution in [0.15, 0.2) is 33.2 Å². The van der Waals surface area contributed by atoms with Gasteiger partial charge >= 0.3 is 0 Å². The zero-order valence-corrected chi connectivity index (χ0v) is 13.9. The molecule has 0 atom stereocenters. The van der Waals surface area contributed by atoms with E-state index < -0.39 is 0 Å². The van der Waals surface area contributed by atoms with Gasteiger partial charge in [-0.05, 0) is 30.4 Å². The lowest BCUT2D eigenvalue weighted by Crippen LogP contribution is -2.14. The fraction of sp³-hybridized carbons (Fsp3) is 0.267. The smallest absolute Gasteiger partial charge is 0.230 e. The second-order valence-electron chi connectivity index (χ2n) is 4.75. The maximum Gasteiger partial charge on any atom is 0.230 e. The summed E-state index contributed by atoms with van der Waals surface area (Å²) in [7, 11) is 0. The number of fused-ring (bicyclic) bond motifs is 1. The van der Waals surface area contributed by atoms with Crippen molar-refractivity contribution in [3.8, 4) is 0 Å². The summed E-state index contributed by atoms with van der Waals surface area (Å²) in [5.74, 6) is -0.117. The molecule has 7 heteroatoms. The first kappa shape index (κ1) is 15.1. The summed E-state index contributed by atoms with van der Waals surface area (Å²) in [5.41, 5.74) is 2.92. The highest BCUT2D eigenvalue weighted by molar-refractivity contribution is 8.00. The maximum absolute atomic E-state index is 12.2. The Bertz CT molecular complexity index is 810. The van der Waals surface area contributed by atoms with Crippen molar-refractivity contribution in [3.63, 3.8) is 0 Å². The fourth-order valence-corrected chi connectivity index (χ4v) is 3.35. The Labute approximate surface area is 136 Å². The first-order chi connectivity index (χ1) is 10.7. The van der Waals surface area contributed by atoms with Crippen molar-refractivity contribution in [3.05, 3.63) is 35.6 Å². The van der Waals surface area contributed by atoms with Crippen LogP contribution in [0.3, 0.4) is 0 Å². The molecular formula is C15H15N3O2S2. The highest BCUT2D eigenvalue weighted by atomic mass is 32.2. The molecule has 1 amide bonds. The van der Waals surface area contributed by atoms with Gasteiger partial charge in [-0.15, -0.1) is 10.2 Å². The first-order valence-electron chi connectivity index (χ1n) is 6.86. The zero-order chi connectivity index (χ0) is 15.5. The molecule has 3 aromatic rings. The Hall–Kier alpha value is -1.86. The SMILES string of the molecule is CCc1ccc2occ(CC(=O)Nc3nnc(SC)s3)c2c1. The molecule has 114 valence electrons. The van der Waals surface area contributed by atoms with E-state index in [-0.39, 0.29) is 12.3 Å². The first-order valence-corrected chi connectivity index (χ1v) is 8.90. The van der Waals surface area contributed by atoms with Gasteiger partial charge in [-0.3, -0.25) is 4.79 Å². The van der Waals surface area contributed by atoms with Crippen LogP contribution < -0.4 is 5.32 Å². The molecule has 22 heavy (non-hydrogen) atoms. The fourth-order valence-electron chi connectivity index (χ4n) is 2.16. The van der Waals surface area contributed by atoms with Crippen molar-refractivity contribution in [2.75, 3.05) is 11.6 Å². The molecule has 1 N–H and O–H groups in total. The number of aromatic nitrogens is 2. The van der Waals surface area contributed by atoms with E-state index in [4.69, 9.17) is 4.42 Å². The number of nitrogens with zero attached hydrogens (tertiary/aromatic N) is 2. The molecule has 2 aromatic heterocycles. The van der Waals surface area contributed by atoms with Crippen LogP contribution in [0.4, 0.5) is 5.13 Å². The number of rotatable bonds is 5. The highest BCUT2D eigenvalue weighted by Crippen LogP contribution is 2.25. The van der Waals surface area contributed by atoms with Crippen LogP contribution in [0.5, 0.6) is 0 Å². The number of aryl methyl sites for hydroxylation is 1. The Morgan fingerprint density at radius 1 is 1.41 bits per heavy atom. The van der Waals surface area contributed by atoms with E-state index in [0.29, 0.717) is 5.13 Å². The molecule has 2 heterocycles. The van der Waals surface area contributed by atoms with Crippen LogP contribution in [-0.4, -0.2) is 22.4 Å². The molecule has 0 saturated carbocycles. The van der Waals surface area contributed by atoms with Crippen molar-refractivity contribution < 1.29 is 9.21 Å². The van der Waals surface area contributed by atoms with Crippen molar-refractivity contribution in [1.82, 2.24) is 10.2 Å². The predicted molar refractivity (Wildman–Crippen MR) is 89.6 cm³/mol. The average molecular weight is 333 g/mol. The van der Waals surface area contributed by atoms with Gasteiger partial charge in [0.25, 0.3) is 0 Å². The Morgan fingerprint density at radius 2 is 2.27 bits per heavy atom. The van der Waals surface area contributed by atoms with Crippen molar-refractivity contribution >= 4 is 45.1 Å². The number of nitrogens with one attached hydrogen (secondary N) is 1. The number of benzene rings is 1. The van der Waals surface area contributed by atoms with E-state index in [9.17, 15) is 4.79 Å². The number of carbonyl (C=O) groups excluding carboxylic acids is 1.